The molecule has 0 bridgehead atoms. The molecule has 2 aromatic rings. The van der Waals surface area contributed by atoms with Crippen molar-refractivity contribution in [3.05, 3.63) is 28.9 Å². The number of thiazole rings is 1. The van der Waals surface area contributed by atoms with E-state index in [0.717, 1.165) is 42.6 Å². The third-order valence-corrected chi connectivity index (χ3v) is 4.68. The molecule has 3 heterocycles. The summed E-state index contributed by atoms with van der Waals surface area (Å²) >= 11 is 1.46. The number of nitrogens with zero attached hydrogens (tertiary/aromatic N) is 3. The lowest BCUT2D eigenvalue weighted by atomic mass is 10.3. The fourth-order valence-corrected chi connectivity index (χ4v) is 3.14. The average Bonchev–Trinajstić information content (AvgIpc) is 2.86. The lowest BCUT2D eigenvalue weighted by Gasteiger charge is -2.28. The fraction of sp³-hybridized carbons (Fsp3) is 0.400. The van der Waals surface area contributed by atoms with Crippen molar-refractivity contribution >= 4 is 34.0 Å². The van der Waals surface area contributed by atoms with E-state index in [2.05, 4.69) is 30.8 Å². The maximum atomic E-state index is 12.0. The Balaban J connectivity index is 1.58. The first-order valence-electron chi connectivity index (χ1n) is 7.55. The van der Waals surface area contributed by atoms with Gasteiger partial charge in [0.25, 0.3) is 0 Å². The lowest BCUT2D eigenvalue weighted by Crippen LogP contribution is -2.43. The Labute approximate surface area is 139 Å². The predicted octanol–water partition coefficient (Wildman–Crippen LogP) is 2.21. The highest BCUT2D eigenvalue weighted by atomic mass is 32.1. The van der Waals surface area contributed by atoms with Crippen molar-refractivity contribution in [2.75, 3.05) is 41.7 Å². The zero-order chi connectivity index (χ0) is 16.2. The van der Waals surface area contributed by atoms with E-state index in [9.17, 15) is 4.79 Å². The largest absolute Gasteiger partial charge is 0.354 e. The average molecular weight is 332 g/mol. The van der Waals surface area contributed by atoms with E-state index >= 15 is 0 Å². The van der Waals surface area contributed by atoms with Gasteiger partial charge in [-0.25, -0.2) is 14.8 Å². The van der Waals surface area contributed by atoms with Gasteiger partial charge in [-0.2, -0.15) is 0 Å². The number of hydrogen-bond acceptors (Lipinski definition) is 6. The van der Waals surface area contributed by atoms with Gasteiger partial charge < -0.3 is 15.5 Å². The Morgan fingerprint density at radius 2 is 2.04 bits per heavy atom. The maximum absolute atomic E-state index is 12.0. The van der Waals surface area contributed by atoms with Crippen molar-refractivity contribution in [1.29, 1.82) is 0 Å². The molecule has 0 saturated carbocycles. The highest BCUT2D eigenvalue weighted by Gasteiger charge is 2.12. The number of urea groups is 1. The van der Waals surface area contributed by atoms with E-state index in [1.807, 2.05) is 26.0 Å². The van der Waals surface area contributed by atoms with Crippen molar-refractivity contribution in [2.24, 2.45) is 0 Å². The van der Waals surface area contributed by atoms with Crippen LogP contribution in [0, 0.1) is 13.8 Å². The third kappa shape index (κ3) is 3.96. The summed E-state index contributed by atoms with van der Waals surface area (Å²) in [6.45, 7) is 7.74. The summed E-state index contributed by atoms with van der Waals surface area (Å²) in [6, 6.07) is 3.48. The van der Waals surface area contributed by atoms with E-state index in [4.69, 9.17) is 0 Å². The molecule has 2 amide bonds. The van der Waals surface area contributed by atoms with E-state index in [1.54, 1.807) is 6.20 Å². The summed E-state index contributed by atoms with van der Waals surface area (Å²) in [5.41, 5.74) is 1.60. The normalized spacial score (nSPS) is 14.6. The van der Waals surface area contributed by atoms with Crippen molar-refractivity contribution in [1.82, 2.24) is 15.3 Å². The smallest absolute Gasteiger partial charge is 0.325 e. The first-order valence-corrected chi connectivity index (χ1v) is 8.37. The predicted molar refractivity (Wildman–Crippen MR) is 93.5 cm³/mol. The molecular formula is C15H20N6OS. The monoisotopic (exact) mass is 332 g/mol. The molecule has 7 nitrogen and oxygen atoms in total. The summed E-state index contributed by atoms with van der Waals surface area (Å²) < 4.78 is 0. The standard InChI is InChI=1S/C15H20N6OS/c1-10-11(2)23-15(18-10)20-14(22)19-12-3-4-13(17-9-12)21-7-5-16-6-8-21/h3-4,9,16H,5-8H2,1-2H3,(H2,18,19,20,22). The van der Waals surface area contributed by atoms with Crippen LogP contribution in [0.3, 0.4) is 0 Å². The fourth-order valence-electron chi connectivity index (χ4n) is 2.33. The van der Waals surface area contributed by atoms with E-state index in [0.29, 0.717) is 10.8 Å². The molecule has 1 saturated heterocycles. The van der Waals surface area contributed by atoms with Crippen LogP contribution in [0.5, 0.6) is 0 Å². The molecule has 0 atom stereocenters. The Kier molecular flexibility index (Phi) is 4.73. The van der Waals surface area contributed by atoms with E-state index in [-0.39, 0.29) is 6.03 Å². The van der Waals surface area contributed by atoms with Gasteiger partial charge in [-0.3, -0.25) is 5.32 Å². The summed E-state index contributed by atoms with van der Waals surface area (Å²) in [7, 11) is 0. The minimum atomic E-state index is -0.310. The topological polar surface area (TPSA) is 82.2 Å². The number of aromatic nitrogens is 2. The second-order valence-corrected chi connectivity index (χ2v) is 6.59. The van der Waals surface area contributed by atoms with Crippen LogP contribution in [0.2, 0.25) is 0 Å². The number of rotatable bonds is 3. The molecule has 122 valence electrons. The number of nitrogens with one attached hydrogen (secondary N) is 3. The third-order valence-electron chi connectivity index (χ3n) is 3.70. The van der Waals surface area contributed by atoms with Crippen LogP contribution in [-0.2, 0) is 0 Å². The van der Waals surface area contributed by atoms with Crippen LogP contribution in [-0.4, -0.2) is 42.2 Å². The quantitative estimate of drug-likeness (QED) is 0.803. The van der Waals surface area contributed by atoms with Gasteiger partial charge in [0.05, 0.1) is 17.6 Å². The van der Waals surface area contributed by atoms with Gasteiger partial charge in [0.1, 0.15) is 5.82 Å². The number of piperazine rings is 1. The highest BCUT2D eigenvalue weighted by Crippen LogP contribution is 2.21. The zero-order valence-corrected chi connectivity index (χ0v) is 14.0. The number of anilines is 3. The Morgan fingerprint density at radius 1 is 1.26 bits per heavy atom. The van der Waals surface area contributed by atoms with Gasteiger partial charge in [0, 0.05) is 31.1 Å². The Morgan fingerprint density at radius 3 is 2.65 bits per heavy atom. The SMILES string of the molecule is Cc1nc(NC(=O)Nc2ccc(N3CCNCC3)nc2)sc1C. The number of pyridine rings is 1. The summed E-state index contributed by atoms with van der Waals surface area (Å²) in [6.07, 6.45) is 1.68. The maximum Gasteiger partial charge on any atom is 0.325 e. The van der Waals surface area contributed by atoms with Crippen LogP contribution in [0.1, 0.15) is 10.6 Å². The van der Waals surface area contributed by atoms with Crippen LogP contribution in [0.4, 0.5) is 21.4 Å². The van der Waals surface area contributed by atoms with Crippen molar-refractivity contribution in [2.45, 2.75) is 13.8 Å². The first kappa shape index (κ1) is 15.7. The van der Waals surface area contributed by atoms with Gasteiger partial charge in [0.15, 0.2) is 5.13 Å². The molecule has 1 aliphatic rings. The number of hydrogen-bond donors (Lipinski definition) is 3. The number of carbonyl (C=O) groups excluding carboxylic acids is 1. The molecule has 0 unspecified atom stereocenters. The molecule has 0 spiro atoms. The second kappa shape index (κ2) is 6.93. The lowest BCUT2D eigenvalue weighted by molar-refractivity contribution is 0.262. The Bertz CT molecular complexity index is 658. The minimum absolute atomic E-state index is 0.310. The number of amides is 2. The molecule has 1 aliphatic heterocycles. The van der Waals surface area contributed by atoms with Crippen LogP contribution >= 0.6 is 11.3 Å². The summed E-state index contributed by atoms with van der Waals surface area (Å²) in [4.78, 5) is 24.0. The molecule has 23 heavy (non-hydrogen) atoms. The van der Waals surface area contributed by atoms with Crippen molar-refractivity contribution < 1.29 is 4.79 Å². The second-order valence-electron chi connectivity index (χ2n) is 5.38. The highest BCUT2D eigenvalue weighted by molar-refractivity contribution is 7.15. The summed E-state index contributed by atoms with van der Waals surface area (Å²) in [5.74, 6) is 0.934. The molecular weight excluding hydrogens is 312 g/mol. The molecule has 0 aromatic carbocycles. The van der Waals surface area contributed by atoms with Gasteiger partial charge in [-0.05, 0) is 26.0 Å². The van der Waals surface area contributed by atoms with E-state index in [1.165, 1.54) is 11.3 Å². The first-order chi connectivity index (χ1) is 11.1. The van der Waals surface area contributed by atoms with Crippen LogP contribution in [0.25, 0.3) is 0 Å². The molecule has 2 aromatic heterocycles. The van der Waals surface area contributed by atoms with Crippen LogP contribution < -0.4 is 20.9 Å². The van der Waals surface area contributed by atoms with Gasteiger partial charge in [0.2, 0.25) is 0 Å². The minimum Gasteiger partial charge on any atom is -0.354 e. The van der Waals surface area contributed by atoms with Crippen LogP contribution in [0.15, 0.2) is 18.3 Å². The van der Waals surface area contributed by atoms with Crippen molar-refractivity contribution in [3.8, 4) is 0 Å². The summed E-state index contributed by atoms with van der Waals surface area (Å²) in [5, 5.41) is 9.42. The molecule has 0 radical (unpaired) electrons. The van der Waals surface area contributed by atoms with Crippen molar-refractivity contribution in [3.63, 3.8) is 0 Å². The van der Waals surface area contributed by atoms with Gasteiger partial charge in [-0.1, -0.05) is 0 Å². The Hall–Kier alpha value is -2.19. The van der Waals surface area contributed by atoms with Gasteiger partial charge >= 0.3 is 6.03 Å². The number of aryl methyl sites for hydroxylation is 2. The molecule has 3 rings (SSSR count). The number of carbonyl (C=O) groups is 1. The van der Waals surface area contributed by atoms with Gasteiger partial charge in [-0.15, -0.1) is 11.3 Å². The van der Waals surface area contributed by atoms with E-state index < -0.39 is 0 Å². The molecule has 8 heteroatoms. The molecule has 3 N–H and O–H groups in total. The zero-order valence-electron chi connectivity index (χ0n) is 13.2. The molecule has 0 aliphatic carbocycles. The molecule has 1 fully saturated rings.